The van der Waals surface area contributed by atoms with E-state index in [1.54, 1.807) is 7.11 Å². The Morgan fingerprint density at radius 2 is 1.81 bits per heavy atom. The van der Waals surface area contributed by atoms with Crippen molar-refractivity contribution in [3.05, 3.63) is 95.1 Å². The summed E-state index contributed by atoms with van der Waals surface area (Å²) in [4.78, 5) is 12.3. The SMILES string of the molecule is COc1cc2c(cc1OCc1ccccc1)CCNC2/C=C/c1ccccc1NC(=O)OC(C)(C)C. The van der Waals surface area contributed by atoms with E-state index in [-0.39, 0.29) is 6.04 Å². The lowest BCUT2D eigenvalue weighted by Gasteiger charge is -2.26. The van der Waals surface area contributed by atoms with Gasteiger partial charge in [0.05, 0.1) is 18.8 Å². The first-order valence-corrected chi connectivity index (χ1v) is 12.2. The van der Waals surface area contributed by atoms with Gasteiger partial charge in [-0.3, -0.25) is 5.32 Å². The van der Waals surface area contributed by atoms with E-state index in [0.717, 1.165) is 35.4 Å². The fourth-order valence-electron chi connectivity index (χ4n) is 4.15. The number of ether oxygens (including phenoxy) is 3. The minimum absolute atomic E-state index is 0.000376. The highest BCUT2D eigenvalue weighted by molar-refractivity contribution is 5.88. The molecule has 2 N–H and O–H groups in total. The van der Waals surface area contributed by atoms with Crippen LogP contribution in [0.2, 0.25) is 0 Å². The highest BCUT2D eigenvalue weighted by Crippen LogP contribution is 2.36. The van der Waals surface area contributed by atoms with Gasteiger partial charge in [0.1, 0.15) is 12.2 Å². The fourth-order valence-corrected chi connectivity index (χ4v) is 4.15. The van der Waals surface area contributed by atoms with Crippen LogP contribution in [-0.2, 0) is 17.8 Å². The van der Waals surface area contributed by atoms with Gasteiger partial charge in [-0.05, 0) is 67.6 Å². The summed E-state index contributed by atoms with van der Waals surface area (Å²) < 4.78 is 17.2. The van der Waals surface area contributed by atoms with Crippen LogP contribution in [0.4, 0.5) is 10.5 Å². The molecule has 0 saturated carbocycles. The molecule has 0 bridgehead atoms. The summed E-state index contributed by atoms with van der Waals surface area (Å²) in [6, 6.07) is 21.9. The van der Waals surface area contributed by atoms with E-state index in [0.29, 0.717) is 18.0 Å². The first kappa shape index (κ1) is 25.3. The third-order valence-electron chi connectivity index (χ3n) is 5.82. The number of methoxy groups -OCH3 is 1. The topological polar surface area (TPSA) is 68.8 Å². The molecule has 0 saturated heterocycles. The second kappa shape index (κ2) is 11.3. The molecule has 1 atom stereocenters. The number of hydrogen-bond acceptors (Lipinski definition) is 5. The lowest BCUT2D eigenvalue weighted by atomic mass is 9.93. The van der Waals surface area contributed by atoms with E-state index in [2.05, 4.69) is 28.8 Å². The van der Waals surface area contributed by atoms with E-state index in [9.17, 15) is 4.79 Å². The van der Waals surface area contributed by atoms with Gasteiger partial charge in [0.2, 0.25) is 0 Å². The molecule has 1 aliphatic rings. The Kier molecular flexibility index (Phi) is 7.96. The molecule has 1 heterocycles. The summed E-state index contributed by atoms with van der Waals surface area (Å²) in [6.45, 7) is 6.87. The Morgan fingerprint density at radius 1 is 1.06 bits per heavy atom. The second-order valence-corrected chi connectivity index (χ2v) is 9.73. The maximum atomic E-state index is 12.3. The lowest BCUT2D eigenvalue weighted by Crippen LogP contribution is -2.28. The molecule has 3 aromatic rings. The largest absolute Gasteiger partial charge is 0.493 e. The Morgan fingerprint density at radius 3 is 2.56 bits per heavy atom. The van der Waals surface area contributed by atoms with Crippen molar-refractivity contribution in [1.29, 1.82) is 0 Å². The van der Waals surface area contributed by atoms with Crippen molar-refractivity contribution >= 4 is 17.9 Å². The van der Waals surface area contributed by atoms with Crippen molar-refractivity contribution in [2.24, 2.45) is 0 Å². The molecule has 0 aromatic heterocycles. The van der Waals surface area contributed by atoms with Gasteiger partial charge in [0.25, 0.3) is 0 Å². The van der Waals surface area contributed by atoms with Crippen LogP contribution in [0, 0.1) is 0 Å². The van der Waals surface area contributed by atoms with Crippen LogP contribution in [0.1, 0.15) is 49.1 Å². The number of rotatable bonds is 7. The summed E-state index contributed by atoms with van der Waals surface area (Å²) in [6.07, 6.45) is 4.56. The number of carbonyl (C=O) groups excluding carboxylic acids is 1. The van der Waals surface area contributed by atoms with Crippen molar-refractivity contribution in [3.63, 3.8) is 0 Å². The number of nitrogens with one attached hydrogen (secondary N) is 2. The van der Waals surface area contributed by atoms with E-state index >= 15 is 0 Å². The van der Waals surface area contributed by atoms with Crippen molar-refractivity contribution in [2.75, 3.05) is 19.0 Å². The average molecular weight is 487 g/mol. The zero-order valence-electron chi connectivity index (χ0n) is 21.3. The maximum Gasteiger partial charge on any atom is 0.412 e. The summed E-state index contributed by atoms with van der Waals surface area (Å²) in [5.41, 5.74) is 4.52. The Hall–Kier alpha value is -3.77. The van der Waals surface area contributed by atoms with Crippen LogP contribution < -0.4 is 20.1 Å². The third kappa shape index (κ3) is 6.67. The van der Waals surface area contributed by atoms with E-state index in [4.69, 9.17) is 14.2 Å². The van der Waals surface area contributed by atoms with Crippen molar-refractivity contribution in [3.8, 4) is 11.5 Å². The van der Waals surface area contributed by atoms with Gasteiger partial charge in [-0.1, -0.05) is 60.7 Å². The first-order chi connectivity index (χ1) is 17.3. The molecular weight excluding hydrogens is 452 g/mol. The number of anilines is 1. The number of benzene rings is 3. The van der Waals surface area contributed by atoms with Gasteiger partial charge in [-0.15, -0.1) is 0 Å². The predicted molar refractivity (Wildman–Crippen MR) is 144 cm³/mol. The van der Waals surface area contributed by atoms with E-state index in [1.807, 2.05) is 81.4 Å². The molecule has 0 fully saturated rings. The molecule has 188 valence electrons. The quantitative estimate of drug-likeness (QED) is 0.398. The van der Waals surface area contributed by atoms with Gasteiger partial charge in [0.15, 0.2) is 11.5 Å². The molecule has 6 heteroatoms. The van der Waals surface area contributed by atoms with Gasteiger partial charge < -0.3 is 19.5 Å². The summed E-state index contributed by atoms with van der Waals surface area (Å²) in [7, 11) is 1.66. The molecule has 0 spiro atoms. The number of para-hydroxylation sites is 1. The molecule has 0 aliphatic carbocycles. The number of fused-ring (bicyclic) bond motifs is 1. The Labute approximate surface area is 213 Å². The minimum atomic E-state index is -0.562. The third-order valence-corrected chi connectivity index (χ3v) is 5.82. The summed E-state index contributed by atoms with van der Waals surface area (Å²) in [5.74, 6) is 1.45. The van der Waals surface area contributed by atoms with Crippen LogP contribution in [0.25, 0.3) is 6.08 Å². The molecule has 0 radical (unpaired) electrons. The monoisotopic (exact) mass is 486 g/mol. The highest BCUT2D eigenvalue weighted by atomic mass is 16.6. The number of amides is 1. The summed E-state index contributed by atoms with van der Waals surface area (Å²) >= 11 is 0. The van der Waals surface area contributed by atoms with E-state index < -0.39 is 11.7 Å². The molecule has 1 unspecified atom stereocenters. The van der Waals surface area contributed by atoms with Gasteiger partial charge in [-0.2, -0.15) is 0 Å². The van der Waals surface area contributed by atoms with Crippen LogP contribution in [0.5, 0.6) is 11.5 Å². The van der Waals surface area contributed by atoms with Crippen molar-refractivity contribution in [1.82, 2.24) is 5.32 Å². The lowest BCUT2D eigenvalue weighted by molar-refractivity contribution is 0.0636. The highest BCUT2D eigenvalue weighted by Gasteiger charge is 2.22. The zero-order chi connectivity index (χ0) is 25.5. The first-order valence-electron chi connectivity index (χ1n) is 12.2. The normalized spacial score (nSPS) is 15.3. The molecule has 6 nitrogen and oxygen atoms in total. The zero-order valence-corrected chi connectivity index (χ0v) is 21.3. The molecular formula is C30H34N2O4. The number of carbonyl (C=O) groups is 1. The van der Waals surface area contributed by atoms with Gasteiger partial charge >= 0.3 is 6.09 Å². The summed E-state index contributed by atoms with van der Waals surface area (Å²) in [5, 5.41) is 6.43. The van der Waals surface area contributed by atoms with Crippen molar-refractivity contribution < 1.29 is 19.0 Å². The van der Waals surface area contributed by atoms with Gasteiger partial charge in [-0.25, -0.2) is 4.79 Å². The average Bonchev–Trinajstić information content (AvgIpc) is 2.85. The van der Waals surface area contributed by atoms with Crippen LogP contribution in [0.3, 0.4) is 0 Å². The molecule has 3 aromatic carbocycles. The van der Waals surface area contributed by atoms with E-state index in [1.165, 1.54) is 5.56 Å². The molecule has 1 aliphatic heterocycles. The van der Waals surface area contributed by atoms with Crippen LogP contribution in [0.15, 0.2) is 72.8 Å². The molecule has 1 amide bonds. The minimum Gasteiger partial charge on any atom is -0.493 e. The molecule has 36 heavy (non-hydrogen) atoms. The van der Waals surface area contributed by atoms with Crippen LogP contribution >= 0.6 is 0 Å². The predicted octanol–water partition coefficient (Wildman–Crippen LogP) is 6.52. The second-order valence-electron chi connectivity index (χ2n) is 9.73. The maximum absolute atomic E-state index is 12.3. The van der Waals surface area contributed by atoms with Crippen LogP contribution in [-0.4, -0.2) is 25.3 Å². The Bertz CT molecular complexity index is 1220. The van der Waals surface area contributed by atoms with Crippen molar-refractivity contribution in [2.45, 2.75) is 45.4 Å². The standard InChI is InChI=1S/C30H34N2O4/c1-30(2,3)36-29(33)32-25-13-9-8-12-22(25)14-15-26-24-19-27(34-4)28(18-23(24)16-17-31-26)35-20-21-10-6-5-7-11-21/h5-15,18-19,26,31H,16-17,20H2,1-4H3,(H,32,33)/b15-14+. The smallest absolute Gasteiger partial charge is 0.412 e. The Balaban J connectivity index is 1.53. The number of hydrogen-bond donors (Lipinski definition) is 2. The molecule has 4 rings (SSSR count). The van der Waals surface area contributed by atoms with Gasteiger partial charge in [0, 0.05) is 6.54 Å². The fraction of sp³-hybridized carbons (Fsp3) is 0.300.